The molecule has 5 heteroatoms. The summed E-state index contributed by atoms with van der Waals surface area (Å²) in [7, 11) is 0. The van der Waals surface area contributed by atoms with E-state index in [4.69, 9.17) is 5.10 Å². The van der Waals surface area contributed by atoms with E-state index in [-0.39, 0.29) is 0 Å². The van der Waals surface area contributed by atoms with Crippen LogP contribution in [-0.2, 0) is 19.5 Å². The van der Waals surface area contributed by atoms with Crippen LogP contribution in [0.25, 0.3) is 5.82 Å². The van der Waals surface area contributed by atoms with Crippen molar-refractivity contribution in [3.8, 4) is 5.82 Å². The second-order valence-electron chi connectivity index (χ2n) is 8.07. The monoisotopic (exact) mass is 361 g/mol. The molecule has 3 aromatic rings. The fraction of sp³-hybridized carbons (Fsp3) is 0.455. The average molecular weight is 361 g/mol. The highest BCUT2D eigenvalue weighted by molar-refractivity contribution is 5.33. The van der Waals surface area contributed by atoms with Gasteiger partial charge in [0.1, 0.15) is 5.82 Å². The van der Waals surface area contributed by atoms with Gasteiger partial charge in [0.15, 0.2) is 0 Å². The molecule has 5 rings (SSSR count). The molecule has 0 saturated heterocycles. The van der Waals surface area contributed by atoms with Gasteiger partial charge in [-0.15, -0.1) is 0 Å². The van der Waals surface area contributed by atoms with Crippen LogP contribution in [0.4, 0.5) is 0 Å². The molecule has 5 nitrogen and oxygen atoms in total. The summed E-state index contributed by atoms with van der Waals surface area (Å²) in [4.78, 5) is 7.11. The Morgan fingerprint density at radius 3 is 2.96 bits per heavy atom. The van der Waals surface area contributed by atoms with Crippen molar-refractivity contribution in [1.82, 2.24) is 24.6 Å². The van der Waals surface area contributed by atoms with Crippen LogP contribution in [0.2, 0.25) is 0 Å². The molecule has 27 heavy (non-hydrogen) atoms. The zero-order valence-corrected chi connectivity index (χ0v) is 16.0. The highest BCUT2D eigenvalue weighted by Gasteiger charge is 2.28. The van der Waals surface area contributed by atoms with Crippen LogP contribution in [-0.4, -0.2) is 31.2 Å². The Morgan fingerprint density at radius 2 is 2.11 bits per heavy atom. The van der Waals surface area contributed by atoms with E-state index in [1.54, 1.807) is 0 Å². The smallest absolute Gasteiger partial charge is 0.137 e. The van der Waals surface area contributed by atoms with Crippen molar-refractivity contribution in [2.75, 3.05) is 6.54 Å². The fourth-order valence-electron chi connectivity index (χ4n) is 4.69. The van der Waals surface area contributed by atoms with E-state index in [1.165, 1.54) is 53.9 Å². The summed E-state index contributed by atoms with van der Waals surface area (Å²) in [5.74, 6) is 1.67. The molecular formula is C22H27N5. The van der Waals surface area contributed by atoms with Crippen LogP contribution in [0.5, 0.6) is 0 Å². The lowest BCUT2D eigenvalue weighted by molar-refractivity contribution is 0.239. The number of fused-ring (bicyclic) bond motifs is 1. The second kappa shape index (κ2) is 6.97. The van der Waals surface area contributed by atoms with Crippen LogP contribution in [0, 0.1) is 6.92 Å². The van der Waals surface area contributed by atoms with Crippen molar-refractivity contribution < 1.29 is 0 Å². The molecule has 0 amide bonds. The second-order valence-corrected chi connectivity index (χ2v) is 8.07. The van der Waals surface area contributed by atoms with Gasteiger partial charge in [0, 0.05) is 61.3 Å². The fourth-order valence-corrected chi connectivity index (χ4v) is 4.69. The minimum absolute atomic E-state index is 0.672. The van der Waals surface area contributed by atoms with Crippen LogP contribution < -0.4 is 0 Å². The summed E-state index contributed by atoms with van der Waals surface area (Å²) >= 11 is 0. The molecule has 1 fully saturated rings. The van der Waals surface area contributed by atoms with E-state index in [0.29, 0.717) is 5.92 Å². The lowest BCUT2D eigenvalue weighted by Crippen LogP contribution is -2.31. The quantitative estimate of drug-likeness (QED) is 0.760. The molecule has 0 radical (unpaired) electrons. The Balaban J connectivity index is 1.37. The number of aromatic amines is 1. The van der Waals surface area contributed by atoms with Gasteiger partial charge >= 0.3 is 0 Å². The third kappa shape index (κ3) is 3.21. The maximum atomic E-state index is 4.72. The maximum Gasteiger partial charge on any atom is 0.137 e. The molecular weight excluding hydrogens is 334 g/mol. The van der Waals surface area contributed by atoms with Crippen molar-refractivity contribution in [2.45, 2.75) is 58.0 Å². The minimum Gasteiger partial charge on any atom is -0.304 e. The molecule has 4 heterocycles. The Hall–Kier alpha value is -2.40. The van der Waals surface area contributed by atoms with Crippen molar-refractivity contribution in [2.24, 2.45) is 0 Å². The third-order valence-electron chi connectivity index (χ3n) is 6.15. The summed E-state index contributed by atoms with van der Waals surface area (Å²) in [6.07, 6.45) is 10.4. The number of H-pyrrole nitrogens is 1. The molecule has 3 aromatic heterocycles. The van der Waals surface area contributed by atoms with E-state index in [9.17, 15) is 0 Å². The van der Waals surface area contributed by atoms with Crippen LogP contribution in [0.15, 0.2) is 36.7 Å². The van der Waals surface area contributed by atoms with Gasteiger partial charge in [-0.3, -0.25) is 10.00 Å². The number of aryl methyl sites for hydroxylation is 1. The maximum absolute atomic E-state index is 4.72. The normalized spacial score (nSPS) is 18.1. The Kier molecular flexibility index (Phi) is 4.32. The van der Waals surface area contributed by atoms with Crippen molar-refractivity contribution in [1.29, 1.82) is 0 Å². The number of hydrogen-bond donors (Lipinski definition) is 1. The van der Waals surface area contributed by atoms with E-state index in [2.05, 4.69) is 50.9 Å². The van der Waals surface area contributed by atoms with E-state index >= 15 is 0 Å². The number of nitrogens with one attached hydrogen (secondary N) is 1. The lowest BCUT2D eigenvalue weighted by atomic mass is 9.96. The molecule has 0 spiro atoms. The summed E-state index contributed by atoms with van der Waals surface area (Å²) < 4.78 is 2.22. The highest BCUT2D eigenvalue weighted by Crippen LogP contribution is 2.37. The summed E-state index contributed by atoms with van der Waals surface area (Å²) in [6, 6.07) is 8.53. The van der Waals surface area contributed by atoms with Crippen LogP contribution in [0.3, 0.4) is 0 Å². The first-order valence-corrected chi connectivity index (χ1v) is 10.2. The molecule has 2 aliphatic rings. The van der Waals surface area contributed by atoms with Gasteiger partial charge in [0.05, 0.1) is 5.69 Å². The number of nitrogens with zero attached hydrogens (tertiary/aromatic N) is 4. The van der Waals surface area contributed by atoms with Gasteiger partial charge < -0.3 is 4.57 Å². The SMILES string of the molecule is Cc1ccnc(-n2cccc2CN2CCc3[nH]nc(C4CCCC4)c3C2)c1. The standard InChI is InChI=1S/C22H27N5/c1-16-8-10-23-21(13-16)27-11-4-7-18(27)14-26-12-9-20-19(15-26)22(25-24-20)17-5-2-3-6-17/h4,7-8,10-11,13,17H,2-3,5-6,9,12,14-15H2,1H3,(H,24,25). The summed E-state index contributed by atoms with van der Waals surface area (Å²) in [5.41, 5.74) is 6.72. The molecule has 0 aromatic carbocycles. The van der Waals surface area contributed by atoms with Crippen LogP contribution >= 0.6 is 0 Å². The molecule has 1 N–H and O–H groups in total. The first kappa shape index (κ1) is 16.8. The van der Waals surface area contributed by atoms with Crippen molar-refractivity contribution >= 4 is 0 Å². The highest BCUT2D eigenvalue weighted by atomic mass is 15.2. The summed E-state index contributed by atoms with van der Waals surface area (Å²) in [6.45, 7) is 5.14. The predicted octanol–water partition coefficient (Wildman–Crippen LogP) is 4.12. The third-order valence-corrected chi connectivity index (χ3v) is 6.15. The Labute approximate surface area is 160 Å². The topological polar surface area (TPSA) is 49.7 Å². The van der Waals surface area contributed by atoms with Gasteiger partial charge in [0.2, 0.25) is 0 Å². The summed E-state index contributed by atoms with van der Waals surface area (Å²) in [5, 5.41) is 8.05. The van der Waals surface area contributed by atoms with Gasteiger partial charge in [-0.25, -0.2) is 4.98 Å². The molecule has 1 aliphatic carbocycles. The van der Waals surface area contributed by atoms with Crippen molar-refractivity contribution in [3.63, 3.8) is 0 Å². The first-order chi connectivity index (χ1) is 13.3. The predicted molar refractivity (Wildman–Crippen MR) is 106 cm³/mol. The number of pyridine rings is 1. The largest absolute Gasteiger partial charge is 0.304 e. The van der Waals surface area contributed by atoms with Gasteiger partial charge in [0.25, 0.3) is 0 Å². The van der Waals surface area contributed by atoms with Crippen LogP contribution in [0.1, 0.15) is 59.8 Å². The van der Waals surface area contributed by atoms with E-state index in [1.807, 2.05) is 12.3 Å². The molecule has 0 bridgehead atoms. The number of rotatable bonds is 4. The first-order valence-electron chi connectivity index (χ1n) is 10.2. The lowest BCUT2D eigenvalue weighted by Gasteiger charge is -2.28. The molecule has 1 saturated carbocycles. The molecule has 0 atom stereocenters. The van der Waals surface area contributed by atoms with Gasteiger partial charge in [-0.1, -0.05) is 12.8 Å². The Morgan fingerprint density at radius 1 is 1.22 bits per heavy atom. The van der Waals surface area contributed by atoms with Gasteiger partial charge in [-0.05, 0) is 49.6 Å². The van der Waals surface area contributed by atoms with Crippen molar-refractivity contribution in [3.05, 3.63) is 64.9 Å². The Bertz CT molecular complexity index is 932. The molecule has 1 aliphatic heterocycles. The van der Waals surface area contributed by atoms with Gasteiger partial charge in [-0.2, -0.15) is 5.10 Å². The average Bonchev–Trinajstić information content (AvgIpc) is 3.42. The number of hydrogen-bond acceptors (Lipinski definition) is 3. The zero-order valence-electron chi connectivity index (χ0n) is 16.0. The zero-order chi connectivity index (χ0) is 18.2. The van der Waals surface area contributed by atoms with E-state index in [0.717, 1.165) is 31.9 Å². The number of aromatic nitrogens is 4. The molecule has 0 unspecified atom stereocenters. The molecule has 140 valence electrons. The minimum atomic E-state index is 0.672. The van der Waals surface area contributed by atoms with E-state index < -0.39 is 0 Å².